The van der Waals surface area contributed by atoms with Crippen LogP contribution in [-0.2, 0) is 0 Å². The summed E-state index contributed by atoms with van der Waals surface area (Å²) in [5, 5.41) is 0.227. The molecular weight excluding hydrogens is 158 g/mol. The van der Waals surface area contributed by atoms with Gasteiger partial charge in [-0.2, -0.15) is 0 Å². The maximum atomic E-state index is 11.3. The number of amides is 1. The number of hydrogen-bond acceptors (Lipinski definition) is 2. The van der Waals surface area contributed by atoms with Crippen LogP contribution in [0.3, 0.4) is 0 Å². The third-order valence-electron chi connectivity index (χ3n) is 1.77. The van der Waals surface area contributed by atoms with E-state index in [1.165, 1.54) is 11.8 Å². The normalized spacial score (nSPS) is 23.4. The van der Waals surface area contributed by atoms with Crippen molar-refractivity contribution in [2.45, 2.75) is 38.5 Å². The Morgan fingerprint density at radius 2 is 2.09 bits per heavy atom. The predicted molar refractivity (Wildman–Crippen MR) is 48.9 cm³/mol. The van der Waals surface area contributed by atoms with Crippen molar-refractivity contribution in [1.82, 2.24) is 4.90 Å². The van der Waals surface area contributed by atoms with E-state index in [4.69, 9.17) is 0 Å². The fourth-order valence-corrected chi connectivity index (χ4v) is 2.26. The van der Waals surface area contributed by atoms with Crippen molar-refractivity contribution in [1.29, 1.82) is 0 Å². The summed E-state index contributed by atoms with van der Waals surface area (Å²) < 4.78 is 0.112. The Hall–Kier alpha value is -0.180. The Kier molecular flexibility index (Phi) is 2.19. The van der Waals surface area contributed by atoms with Crippen molar-refractivity contribution in [3.05, 3.63) is 0 Å². The van der Waals surface area contributed by atoms with Crippen LogP contribution in [0, 0.1) is 0 Å². The summed E-state index contributed by atoms with van der Waals surface area (Å²) in [7, 11) is 0. The fourth-order valence-electron chi connectivity index (χ4n) is 1.20. The molecular formula is C8H15NOS. The van der Waals surface area contributed by atoms with Gasteiger partial charge in [-0.05, 0) is 27.7 Å². The molecule has 0 saturated carbocycles. The highest BCUT2D eigenvalue weighted by atomic mass is 32.2. The van der Waals surface area contributed by atoms with Crippen LogP contribution in [0.25, 0.3) is 0 Å². The molecule has 1 heterocycles. The van der Waals surface area contributed by atoms with E-state index in [9.17, 15) is 4.79 Å². The topological polar surface area (TPSA) is 20.3 Å². The van der Waals surface area contributed by atoms with E-state index in [2.05, 4.69) is 27.7 Å². The maximum Gasteiger partial charge on any atom is 0.282 e. The van der Waals surface area contributed by atoms with Crippen LogP contribution in [0.5, 0.6) is 0 Å². The largest absolute Gasteiger partial charge is 0.330 e. The molecule has 0 N–H and O–H groups in total. The van der Waals surface area contributed by atoms with Crippen LogP contribution in [0.15, 0.2) is 0 Å². The first-order valence-electron chi connectivity index (χ1n) is 3.92. The summed E-state index contributed by atoms with van der Waals surface area (Å²) in [6.07, 6.45) is 0. The average Bonchev–Trinajstić information content (AvgIpc) is 2.05. The number of carbonyl (C=O) groups excluding carboxylic acids is 1. The van der Waals surface area contributed by atoms with Gasteiger partial charge in [0.2, 0.25) is 0 Å². The van der Waals surface area contributed by atoms with Gasteiger partial charge in [-0.25, -0.2) is 0 Å². The molecule has 64 valence electrons. The molecule has 0 atom stereocenters. The summed E-state index contributed by atoms with van der Waals surface area (Å²) in [5.41, 5.74) is 0. The first-order valence-corrected chi connectivity index (χ1v) is 4.74. The molecule has 0 aromatic rings. The Bertz CT molecular complexity index is 177. The highest BCUT2D eigenvalue weighted by Crippen LogP contribution is 2.35. The molecule has 1 aliphatic heterocycles. The molecule has 0 unspecified atom stereocenters. The van der Waals surface area contributed by atoms with Crippen molar-refractivity contribution in [3.63, 3.8) is 0 Å². The first-order chi connectivity index (χ1) is 4.92. The number of nitrogens with zero attached hydrogens (tertiary/aromatic N) is 1. The lowest BCUT2D eigenvalue weighted by molar-refractivity contribution is 0.211. The molecule has 2 nitrogen and oxygen atoms in total. The first kappa shape index (κ1) is 8.91. The third-order valence-corrected chi connectivity index (χ3v) is 2.86. The minimum absolute atomic E-state index is 0.112. The molecule has 3 heteroatoms. The van der Waals surface area contributed by atoms with Gasteiger partial charge in [0.05, 0.1) is 0 Å². The number of rotatable bonds is 1. The number of carbonyl (C=O) groups is 1. The predicted octanol–water partition coefficient (Wildman–Crippen LogP) is 2.34. The Morgan fingerprint density at radius 3 is 2.27 bits per heavy atom. The van der Waals surface area contributed by atoms with Crippen molar-refractivity contribution in [3.8, 4) is 0 Å². The molecule has 1 aliphatic rings. The Balaban J connectivity index is 2.67. The van der Waals surface area contributed by atoms with Crippen molar-refractivity contribution >= 4 is 17.0 Å². The van der Waals surface area contributed by atoms with Gasteiger partial charge in [0.25, 0.3) is 5.24 Å². The molecule has 1 amide bonds. The summed E-state index contributed by atoms with van der Waals surface area (Å²) >= 11 is 1.45. The summed E-state index contributed by atoms with van der Waals surface area (Å²) in [4.78, 5) is 13.2. The zero-order valence-corrected chi connectivity index (χ0v) is 8.36. The van der Waals surface area contributed by atoms with Crippen LogP contribution >= 0.6 is 11.8 Å². The number of thioether (sulfide) groups is 1. The van der Waals surface area contributed by atoms with Gasteiger partial charge >= 0.3 is 0 Å². The van der Waals surface area contributed by atoms with Crippen LogP contribution in [0.4, 0.5) is 4.79 Å². The minimum Gasteiger partial charge on any atom is -0.330 e. The molecule has 0 aromatic heterocycles. The van der Waals surface area contributed by atoms with Crippen LogP contribution in [-0.4, -0.2) is 27.5 Å². The second-order valence-electron chi connectivity index (χ2n) is 3.85. The monoisotopic (exact) mass is 173 g/mol. The van der Waals surface area contributed by atoms with E-state index in [0.717, 1.165) is 6.54 Å². The fraction of sp³-hybridized carbons (Fsp3) is 0.875. The lowest BCUT2D eigenvalue weighted by atomic mass is 10.2. The lowest BCUT2D eigenvalue weighted by Crippen LogP contribution is -2.33. The van der Waals surface area contributed by atoms with Crippen molar-refractivity contribution < 1.29 is 4.79 Å². The van der Waals surface area contributed by atoms with Gasteiger partial charge in [-0.3, -0.25) is 4.79 Å². The van der Waals surface area contributed by atoms with Crippen molar-refractivity contribution in [2.24, 2.45) is 0 Å². The average molecular weight is 173 g/mol. The molecule has 11 heavy (non-hydrogen) atoms. The van der Waals surface area contributed by atoms with E-state index in [0.29, 0.717) is 6.04 Å². The molecule has 0 bridgehead atoms. The van der Waals surface area contributed by atoms with Gasteiger partial charge in [0.15, 0.2) is 0 Å². The zero-order valence-electron chi connectivity index (χ0n) is 7.55. The lowest BCUT2D eigenvalue weighted by Gasteiger charge is -2.21. The van der Waals surface area contributed by atoms with Crippen LogP contribution < -0.4 is 0 Å². The van der Waals surface area contributed by atoms with E-state index < -0.39 is 0 Å². The second-order valence-corrected chi connectivity index (χ2v) is 5.51. The highest BCUT2D eigenvalue weighted by Gasteiger charge is 2.37. The van der Waals surface area contributed by atoms with Gasteiger partial charge in [-0.15, -0.1) is 0 Å². The SMILES string of the molecule is CC(C)N1CC(C)(C)SC1=O. The second kappa shape index (κ2) is 2.70. The van der Waals surface area contributed by atoms with Gasteiger partial charge < -0.3 is 4.90 Å². The molecule has 1 saturated heterocycles. The Morgan fingerprint density at radius 1 is 1.55 bits per heavy atom. The summed E-state index contributed by atoms with van der Waals surface area (Å²) in [5.74, 6) is 0. The summed E-state index contributed by atoms with van der Waals surface area (Å²) in [6.45, 7) is 9.21. The van der Waals surface area contributed by atoms with E-state index in [1.807, 2.05) is 4.90 Å². The van der Waals surface area contributed by atoms with E-state index in [1.54, 1.807) is 0 Å². The molecule has 0 spiro atoms. The quantitative estimate of drug-likeness (QED) is 0.606. The van der Waals surface area contributed by atoms with Gasteiger partial charge in [0, 0.05) is 17.3 Å². The third kappa shape index (κ3) is 1.89. The van der Waals surface area contributed by atoms with Crippen LogP contribution in [0.1, 0.15) is 27.7 Å². The molecule has 0 radical (unpaired) electrons. The minimum atomic E-state index is 0.112. The standard InChI is InChI=1S/C8H15NOS/c1-6(2)9-5-8(3,4)11-7(9)10/h6H,5H2,1-4H3. The van der Waals surface area contributed by atoms with Gasteiger partial charge in [0.1, 0.15) is 0 Å². The molecule has 0 aromatic carbocycles. The zero-order chi connectivity index (χ0) is 8.65. The smallest absolute Gasteiger partial charge is 0.282 e. The van der Waals surface area contributed by atoms with Crippen molar-refractivity contribution in [2.75, 3.05) is 6.54 Å². The van der Waals surface area contributed by atoms with Crippen LogP contribution in [0.2, 0.25) is 0 Å². The van der Waals surface area contributed by atoms with E-state index >= 15 is 0 Å². The maximum absolute atomic E-state index is 11.3. The molecule has 1 rings (SSSR count). The van der Waals surface area contributed by atoms with Gasteiger partial charge in [-0.1, -0.05) is 11.8 Å². The molecule has 0 aliphatic carbocycles. The Labute approximate surface area is 72.3 Å². The summed E-state index contributed by atoms with van der Waals surface area (Å²) in [6, 6.07) is 0.344. The molecule has 1 fully saturated rings. The number of hydrogen-bond donors (Lipinski definition) is 0. The highest BCUT2D eigenvalue weighted by molar-refractivity contribution is 8.15. The van der Waals surface area contributed by atoms with E-state index in [-0.39, 0.29) is 9.99 Å².